The SMILES string of the molecule is O=C1CC2(CCCCC2)Oc2cc(OCC(=O)N3CCOCC3)ccc21. The number of carbonyl (C=O) groups is 2. The quantitative estimate of drug-likeness (QED) is 0.830. The van der Waals surface area contributed by atoms with Gasteiger partial charge in [-0.2, -0.15) is 0 Å². The monoisotopic (exact) mass is 359 g/mol. The second kappa shape index (κ2) is 7.27. The zero-order valence-corrected chi connectivity index (χ0v) is 15.0. The van der Waals surface area contributed by atoms with Crippen LogP contribution in [0, 0.1) is 0 Å². The third kappa shape index (κ3) is 3.56. The van der Waals surface area contributed by atoms with Crippen molar-refractivity contribution in [2.24, 2.45) is 0 Å². The molecule has 1 aromatic carbocycles. The minimum atomic E-state index is -0.343. The van der Waals surface area contributed by atoms with Crippen LogP contribution >= 0.6 is 0 Å². The Labute approximate surface area is 153 Å². The average Bonchev–Trinajstić information content (AvgIpc) is 2.67. The van der Waals surface area contributed by atoms with Gasteiger partial charge in [-0.05, 0) is 37.8 Å². The lowest BCUT2D eigenvalue weighted by atomic mass is 9.78. The molecule has 1 aliphatic carbocycles. The lowest BCUT2D eigenvalue weighted by Crippen LogP contribution is -2.43. The maximum Gasteiger partial charge on any atom is 0.260 e. The van der Waals surface area contributed by atoms with Crippen molar-refractivity contribution in [2.45, 2.75) is 44.1 Å². The lowest BCUT2D eigenvalue weighted by Gasteiger charge is -2.40. The van der Waals surface area contributed by atoms with Crippen LogP contribution in [0.3, 0.4) is 0 Å². The van der Waals surface area contributed by atoms with Gasteiger partial charge in [-0.25, -0.2) is 0 Å². The smallest absolute Gasteiger partial charge is 0.260 e. The van der Waals surface area contributed by atoms with Crippen LogP contribution in [0.15, 0.2) is 18.2 Å². The number of ketones is 1. The van der Waals surface area contributed by atoms with E-state index in [0.29, 0.717) is 49.8 Å². The van der Waals surface area contributed by atoms with Crippen molar-refractivity contribution in [3.05, 3.63) is 23.8 Å². The molecule has 1 amide bonds. The summed E-state index contributed by atoms with van der Waals surface area (Å²) < 4.78 is 17.2. The van der Waals surface area contributed by atoms with Crippen molar-refractivity contribution in [1.82, 2.24) is 4.90 Å². The maximum absolute atomic E-state index is 12.5. The zero-order chi connectivity index (χ0) is 18.0. The normalized spacial score (nSPS) is 21.8. The lowest BCUT2D eigenvalue weighted by molar-refractivity contribution is -0.137. The summed E-state index contributed by atoms with van der Waals surface area (Å²) in [6, 6.07) is 5.25. The molecule has 1 saturated carbocycles. The minimum Gasteiger partial charge on any atom is -0.486 e. The molecule has 0 aromatic heterocycles. The van der Waals surface area contributed by atoms with Crippen LogP contribution in [0.1, 0.15) is 48.9 Å². The summed E-state index contributed by atoms with van der Waals surface area (Å²) in [6.07, 6.45) is 5.74. The number of nitrogens with zero attached hydrogens (tertiary/aromatic N) is 1. The molecular formula is C20H25NO5. The molecule has 0 unspecified atom stereocenters. The first kappa shape index (κ1) is 17.3. The Kier molecular flexibility index (Phi) is 4.85. The molecule has 3 aliphatic rings. The van der Waals surface area contributed by atoms with Gasteiger partial charge in [0.25, 0.3) is 5.91 Å². The van der Waals surface area contributed by atoms with Gasteiger partial charge in [-0.15, -0.1) is 0 Å². The van der Waals surface area contributed by atoms with Crippen LogP contribution in [0.25, 0.3) is 0 Å². The highest BCUT2D eigenvalue weighted by Gasteiger charge is 2.41. The van der Waals surface area contributed by atoms with Crippen molar-refractivity contribution in [2.75, 3.05) is 32.9 Å². The summed E-state index contributed by atoms with van der Waals surface area (Å²) >= 11 is 0. The third-order valence-electron chi connectivity index (χ3n) is 5.55. The van der Waals surface area contributed by atoms with E-state index >= 15 is 0 Å². The van der Waals surface area contributed by atoms with Crippen LogP contribution in [0.4, 0.5) is 0 Å². The van der Waals surface area contributed by atoms with Crippen molar-refractivity contribution in [3.8, 4) is 11.5 Å². The van der Waals surface area contributed by atoms with E-state index in [2.05, 4.69) is 0 Å². The van der Waals surface area contributed by atoms with E-state index in [4.69, 9.17) is 14.2 Å². The van der Waals surface area contributed by atoms with E-state index in [-0.39, 0.29) is 23.9 Å². The molecule has 2 heterocycles. The summed E-state index contributed by atoms with van der Waals surface area (Å²) in [7, 11) is 0. The molecule has 140 valence electrons. The van der Waals surface area contributed by atoms with Crippen molar-refractivity contribution in [3.63, 3.8) is 0 Å². The van der Waals surface area contributed by atoms with Gasteiger partial charge in [0, 0.05) is 19.2 Å². The fourth-order valence-electron chi connectivity index (χ4n) is 4.09. The zero-order valence-electron chi connectivity index (χ0n) is 15.0. The summed E-state index contributed by atoms with van der Waals surface area (Å²) in [5.74, 6) is 1.25. The van der Waals surface area contributed by atoms with E-state index in [1.807, 2.05) is 0 Å². The Bertz CT molecular complexity index is 689. The van der Waals surface area contributed by atoms with Gasteiger partial charge in [0.1, 0.15) is 17.1 Å². The highest BCUT2D eigenvalue weighted by molar-refractivity contribution is 6.00. The van der Waals surface area contributed by atoms with Crippen molar-refractivity contribution < 1.29 is 23.8 Å². The molecule has 0 bridgehead atoms. The van der Waals surface area contributed by atoms with Crippen LogP contribution in [0.2, 0.25) is 0 Å². The van der Waals surface area contributed by atoms with E-state index in [9.17, 15) is 9.59 Å². The second-order valence-corrected chi connectivity index (χ2v) is 7.39. The molecule has 6 heteroatoms. The second-order valence-electron chi connectivity index (χ2n) is 7.39. The van der Waals surface area contributed by atoms with E-state index in [1.165, 1.54) is 6.42 Å². The number of benzene rings is 1. The predicted molar refractivity (Wildman–Crippen MR) is 94.7 cm³/mol. The molecular weight excluding hydrogens is 334 g/mol. The largest absolute Gasteiger partial charge is 0.486 e. The number of ether oxygens (including phenoxy) is 3. The molecule has 0 atom stereocenters. The number of morpholine rings is 1. The van der Waals surface area contributed by atoms with E-state index < -0.39 is 0 Å². The summed E-state index contributed by atoms with van der Waals surface area (Å²) in [6.45, 7) is 2.34. The standard InChI is InChI=1S/C20H25NO5/c22-17-13-20(6-2-1-3-7-20)26-18-12-15(4-5-16(17)18)25-14-19(23)21-8-10-24-11-9-21/h4-5,12H,1-3,6-11,13-14H2. The molecule has 2 fully saturated rings. The average molecular weight is 359 g/mol. The van der Waals surface area contributed by atoms with Crippen LogP contribution in [0.5, 0.6) is 11.5 Å². The first-order valence-corrected chi connectivity index (χ1v) is 9.50. The number of Topliss-reactive ketones (excluding diaryl/α,β-unsaturated/α-hetero) is 1. The summed E-state index contributed by atoms with van der Waals surface area (Å²) in [5, 5.41) is 0. The molecule has 0 N–H and O–H groups in total. The molecule has 1 spiro atoms. The van der Waals surface area contributed by atoms with Gasteiger partial charge in [-0.3, -0.25) is 9.59 Å². The highest BCUT2D eigenvalue weighted by Crippen LogP contribution is 2.42. The summed E-state index contributed by atoms with van der Waals surface area (Å²) in [4.78, 5) is 26.5. The first-order chi connectivity index (χ1) is 12.7. The van der Waals surface area contributed by atoms with Crippen LogP contribution < -0.4 is 9.47 Å². The van der Waals surface area contributed by atoms with Crippen LogP contribution in [-0.2, 0) is 9.53 Å². The molecule has 2 aliphatic heterocycles. The molecule has 1 aromatic rings. The highest BCUT2D eigenvalue weighted by atomic mass is 16.5. The first-order valence-electron chi connectivity index (χ1n) is 9.50. The molecule has 26 heavy (non-hydrogen) atoms. The Balaban J connectivity index is 1.44. The third-order valence-corrected chi connectivity index (χ3v) is 5.55. The van der Waals surface area contributed by atoms with Gasteiger partial charge >= 0.3 is 0 Å². The van der Waals surface area contributed by atoms with Gasteiger partial charge < -0.3 is 19.1 Å². The van der Waals surface area contributed by atoms with Crippen LogP contribution in [-0.4, -0.2) is 55.1 Å². The topological polar surface area (TPSA) is 65.1 Å². The number of carbonyl (C=O) groups excluding carboxylic acids is 2. The van der Waals surface area contributed by atoms with E-state index in [0.717, 1.165) is 25.7 Å². The van der Waals surface area contributed by atoms with Gasteiger partial charge in [0.05, 0.1) is 25.2 Å². The molecule has 6 nitrogen and oxygen atoms in total. The Morgan fingerprint density at radius 3 is 2.69 bits per heavy atom. The number of hydrogen-bond acceptors (Lipinski definition) is 5. The molecule has 1 saturated heterocycles. The minimum absolute atomic E-state index is 0.0160. The maximum atomic E-state index is 12.5. The number of fused-ring (bicyclic) bond motifs is 1. The number of amides is 1. The molecule has 4 rings (SSSR count). The fourth-order valence-corrected chi connectivity index (χ4v) is 4.09. The Hall–Kier alpha value is -2.08. The van der Waals surface area contributed by atoms with E-state index in [1.54, 1.807) is 23.1 Å². The van der Waals surface area contributed by atoms with Gasteiger partial charge in [0.15, 0.2) is 12.4 Å². The number of hydrogen-bond donors (Lipinski definition) is 0. The fraction of sp³-hybridized carbons (Fsp3) is 0.600. The Morgan fingerprint density at radius 2 is 1.92 bits per heavy atom. The van der Waals surface area contributed by atoms with Gasteiger partial charge in [-0.1, -0.05) is 6.42 Å². The molecule has 0 radical (unpaired) electrons. The predicted octanol–water partition coefficient (Wildman–Crippen LogP) is 2.59. The summed E-state index contributed by atoms with van der Waals surface area (Å²) in [5.41, 5.74) is 0.276. The Morgan fingerprint density at radius 1 is 1.15 bits per heavy atom. The number of rotatable bonds is 3. The van der Waals surface area contributed by atoms with Crippen molar-refractivity contribution >= 4 is 11.7 Å². The van der Waals surface area contributed by atoms with Gasteiger partial charge in [0.2, 0.25) is 0 Å². The van der Waals surface area contributed by atoms with Crippen molar-refractivity contribution in [1.29, 1.82) is 0 Å².